The molecule has 0 heterocycles. The van der Waals surface area contributed by atoms with Gasteiger partial charge in [-0.1, -0.05) is 0 Å². The number of hydrogen-bond acceptors (Lipinski definition) is 4. The average Bonchev–Trinajstić information content (AvgIpc) is 2.56. The predicted octanol–water partition coefficient (Wildman–Crippen LogP) is 3.61. The van der Waals surface area contributed by atoms with E-state index >= 15 is 0 Å². The molecule has 0 saturated heterocycles. The van der Waals surface area contributed by atoms with Crippen molar-refractivity contribution in [1.29, 1.82) is 0 Å². The van der Waals surface area contributed by atoms with Gasteiger partial charge in [0.2, 0.25) is 0 Å². The van der Waals surface area contributed by atoms with Crippen LogP contribution in [0.25, 0.3) is 0 Å². The third-order valence-electron chi connectivity index (χ3n) is 3.21. The Hall–Kier alpha value is -1.96. The van der Waals surface area contributed by atoms with Crippen LogP contribution in [-0.2, 0) is 8.58 Å². The molecule has 0 fully saturated rings. The molecule has 1 atom stereocenters. The van der Waals surface area contributed by atoms with Gasteiger partial charge in [-0.15, -0.1) is 0 Å². The molecule has 0 N–H and O–H groups in total. The van der Waals surface area contributed by atoms with E-state index in [0.717, 1.165) is 5.56 Å². The van der Waals surface area contributed by atoms with Crippen LogP contribution in [0, 0.1) is 0 Å². The summed E-state index contributed by atoms with van der Waals surface area (Å²) in [5.74, 6) is 1.23. The van der Waals surface area contributed by atoms with E-state index in [-0.39, 0.29) is 11.9 Å². The SMILES string of the molecule is CCOc1ccc(C(C)C(=O)[O][Al+2])cc1Oc1ccccc1. The molecule has 0 amide bonds. The van der Waals surface area contributed by atoms with Crippen LogP contribution in [0.15, 0.2) is 48.5 Å². The van der Waals surface area contributed by atoms with Crippen LogP contribution in [0.4, 0.5) is 0 Å². The summed E-state index contributed by atoms with van der Waals surface area (Å²) < 4.78 is 16.2. The Bertz CT molecular complexity index is 628. The van der Waals surface area contributed by atoms with Crippen molar-refractivity contribution in [3.63, 3.8) is 0 Å². The van der Waals surface area contributed by atoms with Crippen LogP contribution < -0.4 is 9.47 Å². The van der Waals surface area contributed by atoms with Crippen LogP contribution >= 0.6 is 0 Å². The fourth-order valence-corrected chi connectivity index (χ4v) is 2.21. The maximum atomic E-state index is 11.7. The molecule has 0 radical (unpaired) electrons. The molecule has 1 unspecified atom stereocenters. The molecule has 0 saturated carbocycles. The summed E-state index contributed by atoms with van der Waals surface area (Å²) >= 11 is 1.98. The molecule has 0 spiro atoms. The molecule has 2 rings (SSSR count). The number of benzene rings is 2. The van der Waals surface area contributed by atoms with Gasteiger partial charge in [0.25, 0.3) is 0 Å². The monoisotopic (exact) mass is 312 g/mol. The number of ether oxygens (including phenoxy) is 2. The Morgan fingerprint density at radius 2 is 1.86 bits per heavy atom. The summed E-state index contributed by atoms with van der Waals surface area (Å²) in [6, 6.07) is 14.9. The van der Waals surface area contributed by atoms with Crippen molar-refractivity contribution in [1.82, 2.24) is 0 Å². The molecular weight excluding hydrogens is 295 g/mol. The first-order chi connectivity index (χ1) is 10.7. The van der Waals surface area contributed by atoms with Crippen molar-refractivity contribution < 1.29 is 18.1 Å². The summed E-state index contributed by atoms with van der Waals surface area (Å²) in [5.41, 5.74) is 0.807. The Morgan fingerprint density at radius 3 is 2.50 bits per heavy atom. The van der Waals surface area contributed by atoms with Gasteiger partial charge in [0, 0.05) is 0 Å². The Balaban J connectivity index is 2.33. The Kier molecular flexibility index (Phi) is 5.88. The first kappa shape index (κ1) is 16.4. The van der Waals surface area contributed by atoms with E-state index in [4.69, 9.17) is 13.3 Å². The van der Waals surface area contributed by atoms with Gasteiger partial charge in [-0.3, -0.25) is 0 Å². The molecule has 5 heteroatoms. The topological polar surface area (TPSA) is 44.8 Å². The maximum absolute atomic E-state index is 11.7. The minimum atomic E-state index is -0.383. The van der Waals surface area contributed by atoms with Crippen LogP contribution in [0.1, 0.15) is 25.3 Å². The van der Waals surface area contributed by atoms with Crippen molar-refractivity contribution in [3.8, 4) is 17.2 Å². The van der Waals surface area contributed by atoms with Gasteiger partial charge >= 0.3 is 138 Å². The van der Waals surface area contributed by atoms with E-state index in [2.05, 4.69) is 0 Å². The van der Waals surface area contributed by atoms with Crippen molar-refractivity contribution >= 4 is 22.6 Å². The van der Waals surface area contributed by atoms with Gasteiger partial charge in [0.1, 0.15) is 0 Å². The number of carbonyl (C=O) groups is 1. The molecule has 2 aromatic carbocycles. The summed E-state index contributed by atoms with van der Waals surface area (Å²) in [6.07, 6.45) is 0. The Labute approximate surface area is 138 Å². The van der Waals surface area contributed by atoms with Crippen LogP contribution in [0.5, 0.6) is 17.2 Å². The fourth-order valence-electron chi connectivity index (χ4n) is 2.00. The zero-order valence-electron chi connectivity index (χ0n) is 12.6. The number of para-hydroxylation sites is 1. The quantitative estimate of drug-likeness (QED) is 0.764. The van der Waals surface area contributed by atoms with E-state index < -0.39 is 0 Å². The van der Waals surface area contributed by atoms with Crippen molar-refractivity contribution in [2.45, 2.75) is 19.8 Å². The normalized spacial score (nSPS) is 11.6. The summed E-state index contributed by atoms with van der Waals surface area (Å²) in [5, 5.41) is 0. The van der Waals surface area contributed by atoms with Crippen molar-refractivity contribution in [2.24, 2.45) is 0 Å². The van der Waals surface area contributed by atoms with Crippen LogP contribution in [0.2, 0.25) is 0 Å². The number of hydrogen-bond donors (Lipinski definition) is 0. The van der Waals surface area contributed by atoms with Gasteiger partial charge in [0.15, 0.2) is 0 Å². The van der Waals surface area contributed by atoms with Gasteiger partial charge in [-0.25, -0.2) is 0 Å². The van der Waals surface area contributed by atoms with Crippen molar-refractivity contribution in [2.75, 3.05) is 6.61 Å². The van der Waals surface area contributed by atoms with Crippen molar-refractivity contribution in [3.05, 3.63) is 54.1 Å². The van der Waals surface area contributed by atoms with E-state index in [1.807, 2.05) is 72.1 Å². The molecule has 4 nitrogen and oxygen atoms in total. The molecule has 0 aliphatic heterocycles. The molecular formula is C17H17AlO4+2. The number of carbonyl (C=O) groups excluding carboxylic acids is 1. The molecule has 0 bridgehead atoms. The summed E-state index contributed by atoms with van der Waals surface area (Å²) in [4.78, 5) is 11.7. The van der Waals surface area contributed by atoms with E-state index in [0.29, 0.717) is 23.9 Å². The third kappa shape index (κ3) is 4.03. The molecule has 0 aliphatic rings. The van der Waals surface area contributed by atoms with Gasteiger partial charge < -0.3 is 0 Å². The van der Waals surface area contributed by atoms with Crippen LogP contribution in [-0.4, -0.2) is 29.2 Å². The molecule has 0 aromatic heterocycles. The molecule has 22 heavy (non-hydrogen) atoms. The predicted molar refractivity (Wildman–Crippen MR) is 84.4 cm³/mol. The zero-order valence-corrected chi connectivity index (χ0v) is 13.8. The first-order valence-electron chi connectivity index (χ1n) is 7.06. The van der Waals surface area contributed by atoms with Gasteiger partial charge in [0.05, 0.1) is 0 Å². The average molecular weight is 312 g/mol. The van der Waals surface area contributed by atoms with Crippen LogP contribution in [0.3, 0.4) is 0 Å². The standard InChI is InChI=1S/C17H18O4.Al/c1-3-20-15-10-9-13(12(2)17(18)19)11-16(15)21-14-7-5-4-6-8-14;/h4-12H,3H2,1-2H3,(H,18,19);/q;+3/p-1. The second kappa shape index (κ2) is 7.88. The summed E-state index contributed by atoms with van der Waals surface area (Å²) in [7, 11) is 0. The fraction of sp³-hybridized carbons (Fsp3) is 0.235. The van der Waals surface area contributed by atoms with E-state index in [9.17, 15) is 4.79 Å². The molecule has 2 aromatic rings. The first-order valence-corrected chi connectivity index (χ1v) is 7.53. The minimum absolute atomic E-state index is 0.320. The van der Waals surface area contributed by atoms with E-state index in [1.54, 1.807) is 6.92 Å². The molecule has 110 valence electrons. The molecule has 0 aliphatic carbocycles. The number of rotatable bonds is 6. The Morgan fingerprint density at radius 1 is 1.14 bits per heavy atom. The second-order valence-corrected chi connectivity index (χ2v) is 4.95. The zero-order chi connectivity index (χ0) is 15.9. The third-order valence-corrected chi connectivity index (χ3v) is 3.44. The van der Waals surface area contributed by atoms with E-state index in [1.165, 1.54) is 0 Å². The van der Waals surface area contributed by atoms with Gasteiger partial charge in [-0.05, 0) is 0 Å². The second-order valence-electron chi connectivity index (χ2n) is 4.71. The summed E-state index contributed by atoms with van der Waals surface area (Å²) in [6.45, 7) is 4.23. The van der Waals surface area contributed by atoms with Gasteiger partial charge in [-0.2, -0.15) is 0 Å².